The van der Waals surface area contributed by atoms with Crippen molar-refractivity contribution in [3.8, 4) is 23.7 Å². The number of hydrogen-bond acceptors (Lipinski definition) is 4. The first-order chi connectivity index (χ1) is 19.8. The number of aliphatic hydroxyl groups excluding tert-OH is 2. The molecule has 0 heterocycles. The lowest BCUT2D eigenvalue weighted by Crippen LogP contribution is -2.14. The third-order valence-electron chi connectivity index (χ3n) is 7.01. The summed E-state index contributed by atoms with van der Waals surface area (Å²) in [6, 6.07) is 20.3. The van der Waals surface area contributed by atoms with E-state index in [-0.39, 0.29) is 25.0 Å². The van der Waals surface area contributed by atoms with E-state index in [9.17, 15) is 10.2 Å². The van der Waals surface area contributed by atoms with Crippen LogP contribution >= 0.6 is 0 Å². The third-order valence-corrected chi connectivity index (χ3v) is 7.01. The summed E-state index contributed by atoms with van der Waals surface area (Å²) in [6.07, 6.45) is 12.9. The highest BCUT2D eigenvalue weighted by Crippen LogP contribution is 2.14. The molecule has 2 atom stereocenters. The molecule has 0 saturated heterocycles. The van der Waals surface area contributed by atoms with Gasteiger partial charge >= 0.3 is 0 Å². The number of aliphatic hydroxyl groups is 2. The summed E-state index contributed by atoms with van der Waals surface area (Å²) in [6.45, 7) is 2.83. The monoisotopic (exact) mass is 546 g/mol. The van der Waals surface area contributed by atoms with Gasteiger partial charge in [0.25, 0.3) is 0 Å². The number of hydrogen-bond donors (Lipinski definition) is 2. The van der Waals surface area contributed by atoms with Crippen molar-refractivity contribution in [1.82, 2.24) is 0 Å². The van der Waals surface area contributed by atoms with Gasteiger partial charge in [-0.1, -0.05) is 111 Å². The fraction of sp³-hybridized carbons (Fsp3) is 0.556. The van der Waals surface area contributed by atoms with E-state index in [1.165, 1.54) is 36.8 Å². The average molecular weight is 547 g/mol. The van der Waals surface area contributed by atoms with E-state index in [0.29, 0.717) is 26.4 Å². The van der Waals surface area contributed by atoms with Gasteiger partial charge in [-0.2, -0.15) is 0 Å². The van der Waals surface area contributed by atoms with Crippen molar-refractivity contribution in [3.05, 3.63) is 71.8 Å². The Hall–Kier alpha value is -2.60. The van der Waals surface area contributed by atoms with E-state index in [0.717, 1.165) is 51.4 Å². The molecule has 0 aliphatic carbocycles. The standard InChI is InChI=1S/C36H50O4/c37-27-35(31-39-29-33-21-17-13-18-22-33)25-15-11-9-7-5-3-1-2-4-6-8-10-12-16-26-36(28-38)32-40-30-34-23-19-14-20-24-34/h13-14,17-24,35-38H,5-12,15-16,25-32H2. The first-order valence-electron chi connectivity index (χ1n) is 15.2. The van der Waals surface area contributed by atoms with Crippen LogP contribution in [0.25, 0.3) is 0 Å². The number of ether oxygens (including phenoxy) is 2. The van der Waals surface area contributed by atoms with Gasteiger partial charge in [0, 0.05) is 37.9 Å². The van der Waals surface area contributed by atoms with Crippen LogP contribution in [-0.4, -0.2) is 36.6 Å². The van der Waals surface area contributed by atoms with Gasteiger partial charge in [-0.25, -0.2) is 0 Å². The quantitative estimate of drug-likeness (QED) is 0.120. The molecule has 2 aromatic carbocycles. The molecule has 0 amide bonds. The Morgan fingerprint density at radius 1 is 0.525 bits per heavy atom. The summed E-state index contributed by atoms with van der Waals surface area (Å²) in [7, 11) is 0. The van der Waals surface area contributed by atoms with Gasteiger partial charge in [0.1, 0.15) is 0 Å². The van der Waals surface area contributed by atoms with Crippen molar-refractivity contribution in [3.63, 3.8) is 0 Å². The van der Waals surface area contributed by atoms with E-state index in [2.05, 4.69) is 47.9 Å². The molecule has 4 heteroatoms. The van der Waals surface area contributed by atoms with E-state index in [1.54, 1.807) is 0 Å². The van der Waals surface area contributed by atoms with Crippen LogP contribution in [0.3, 0.4) is 0 Å². The average Bonchev–Trinajstić information content (AvgIpc) is 3.00. The largest absolute Gasteiger partial charge is 0.396 e. The second-order valence-corrected chi connectivity index (χ2v) is 10.6. The predicted molar refractivity (Wildman–Crippen MR) is 164 cm³/mol. The Balaban J connectivity index is 1.37. The summed E-state index contributed by atoms with van der Waals surface area (Å²) >= 11 is 0. The minimum absolute atomic E-state index is 0.189. The zero-order chi connectivity index (χ0) is 28.4. The molecule has 2 unspecified atom stereocenters. The van der Waals surface area contributed by atoms with E-state index in [4.69, 9.17) is 9.47 Å². The highest BCUT2D eigenvalue weighted by Gasteiger charge is 2.08. The number of unbranched alkanes of at least 4 members (excludes halogenated alkanes) is 8. The van der Waals surface area contributed by atoms with Gasteiger partial charge in [-0.05, 0) is 48.7 Å². The summed E-state index contributed by atoms with van der Waals surface area (Å²) in [5.41, 5.74) is 2.34. The summed E-state index contributed by atoms with van der Waals surface area (Å²) in [4.78, 5) is 0. The van der Waals surface area contributed by atoms with Crippen LogP contribution in [-0.2, 0) is 22.7 Å². The molecule has 40 heavy (non-hydrogen) atoms. The molecule has 218 valence electrons. The topological polar surface area (TPSA) is 58.9 Å². The van der Waals surface area contributed by atoms with Crippen molar-refractivity contribution < 1.29 is 19.7 Å². The van der Waals surface area contributed by atoms with Crippen LogP contribution in [0.15, 0.2) is 60.7 Å². The smallest absolute Gasteiger partial charge is 0.0717 e. The fourth-order valence-electron chi connectivity index (χ4n) is 4.50. The normalized spacial score (nSPS) is 12.2. The Bertz CT molecular complexity index is 886. The predicted octanol–water partition coefficient (Wildman–Crippen LogP) is 7.33. The van der Waals surface area contributed by atoms with Crippen molar-refractivity contribution in [2.24, 2.45) is 11.8 Å². The molecule has 2 rings (SSSR count). The maximum atomic E-state index is 9.60. The van der Waals surface area contributed by atoms with Crippen molar-refractivity contribution in [2.45, 2.75) is 90.3 Å². The van der Waals surface area contributed by atoms with Crippen LogP contribution < -0.4 is 0 Å². The number of rotatable bonds is 22. The van der Waals surface area contributed by atoms with Crippen LogP contribution in [0.5, 0.6) is 0 Å². The SMILES string of the molecule is OCC(CCCCCCC#CC#CCCCCCCC(CO)COCc1ccccc1)COCc1ccccc1. The molecule has 0 saturated carbocycles. The Labute approximate surface area is 243 Å². The van der Waals surface area contributed by atoms with Gasteiger partial charge in [-0.3, -0.25) is 0 Å². The molecule has 4 nitrogen and oxygen atoms in total. The summed E-state index contributed by atoms with van der Waals surface area (Å²) in [5, 5.41) is 19.2. The minimum atomic E-state index is 0.189. The highest BCUT2D eigenvalue weighted by molar-refractivity contribution is 5.25. The molecule has 0 aliphatic heterocycles. The zero-order valence-corrected chi connectivity index (χ0v) is 24.4. The van der Waals surface area contributed by atoms with Crippen LogP contribution in [0, 0.1) is 35.5 Å². The van der Waals surface area contributed by atoms with Gasteiger partial charge in [0.15, 0.2) is 0 Å². The second-order valence-electron chi connectivity index (χ2n) is 10.6. The third kappa shape index (κ3) is 17.9. The molecule has 0 aromatic heterocycles. The van der Waals surface area contributed by atoms with Crippen molar-refractivity contribution in [2.75, 3.05) is 26.4 Å². The molecule has 0 fully saturated rings. The first kappa shape index (κ1) is 33.6. The first-order valence-corrected chi connectivity index (χ1v) is 15.2. The van der Waals surface area contributed by atoms with Crippen LogP contribution in [0.4, 0.5) is 0 Å². The molecule has 0 spiro atoms. The van der Waals surface area contributed by atoms with Crippen molar-refractivity contribution in [1.29, 1.82) is 0 Å². The molecular formula is C36H50O4. The van der Waals surface area contributed by atoms with Crippen LogP contribution in [0.2, 0.25) is 0 Å². The number of benzene rings is 2. The van der Waals surface area contributed by atoms with E-state index >= 15 is 0 Å². The maximum absolute atomic E-state index is 9.60. The lowest BCUT2D eigenvalue weighted by Gasteiger charge is -2.14. The summed E-state index contributed by atoms with van der Waals surface area (Å²) < 4.78 is 11.6. The molecule has 2 aromatic rings. The Morgan fingerprint density at radius 2 is 0.925 bits per heavy atom. The second kappa shape index (κ2) is 24.2. The molecule has 0 bridgehead atoms. The fourth-order valence-corrected chi connectivity index (χ4v) is 4.50. The van der Waals surface area contributed by atoms with E-state index in [1.807, 2.05) is 36.4 Å². The van der Waals surface area contributed by atoms with Crippen molar-refractivity contribution >= 4 is 0 Å². The van der Waals surface area contributed by atoms with Gasteiger partial charge in [0.05, 0.1) is 26.4 Å². The minimum Gasteiger partial charge on any atom is -0.396 e. The maximum Gasteiger partial charge on any atom is 0.0717 e. The molecule has 0 radical (unpaired) electrons. The van der Waals surface area contributed by atoms with Gasteiger partial charge < -0.3 is 19.7 Å². The van der Waals surface area contributed by atoms with Gasteiger partial charge in [-0.15, -0.1) is 0 Å². The van der Waals surface area contributed by atoms with Crippen LogP contribution in [0.1, 0.15) is 88.2 Å². The summed E-state index contributed by atoms with van der Waals surface area (Å²) in [5.74, 6) is 12.8. The highest BCUT2D eigenvalue weighted by atomic mass is 16.5. The van der Waals surface area contributed by atoms with Gasteiger partial charge in [0.2, 0.25) is 0 Å². The Morgan fingerprint density at radius 3 is 1.32 bits per heavy atom. The zero-order valence-electron chi connectivity index (χ0n) is 24.4. The molecule has 0 aliphatic rings. The lowest BCUT2D eigenvalue weighted by molar-refractivity contribution is 0.0584. The molecule has 2 N–H and O–H groups in total. The molecular weight excluding hydrogens is 496 g/mol. The Kier molecular flexibility index (Phi) is 20.3. The van der Waals surface area contributed by atoms with E-state index < -0.39 is 0 Å². The lowest BCUT2D eigenvalue weighted by atomic mass is 10.0.